The Kier molecular flexibility index (Phi) is 5.97. The molecule has 0 aliphatic heterocycles. The number of hydrogen-bond acceptors (Lipinski definition) is 3. The van der Waals surface area contributed by atoms with E-state index in [1.54, 1.807) is 0 Å². The van der Waals surface area contributed by atoms with E-state index in [0.29, 0.717) is 11.3 Å². The quantitative estimate of drug-likeness (QED) is 0.868. The van der Waals surface area contributed by atoms with E-state index >= 15 is 0 Å². The molecule has 3 atom stereocenters. The van der Waals surface area contributed by atoms with E-state index in [0.717, 1.165) is 18.4 Å². The minimum absolute atomic E-state index is 0.662. The minimum Gasteiger partial charge on any atom is -0.313 e. The van der Waals surface area contributed by atoms with Gasteiger partial charge in [0.05, 0.1) is 6.20 Å². The van der Waals surface area contributed by atoms with Crippen LogP contribution in [0.25, 0.3) is 0 Å². The summed E-state index contributed by atoms with van der Waals surface area (Å²) in [6.07, 6.45) is 9.39. The normalized spacial score (nSPS) is 27.1. The summed E-state index contributed by atoms with van der Waals surface area (Å²) in [5.74, 6) is 1.68. The maximum Gasteiger partial charge on any atom is 0.0625 e. The van der Waals surface area contributed by atoms with Gasteiger partial charge in [0.25, 0.3) is 0 Å². The lowest BCUT2D eigenvalue weighted by molar-refractivity contribution is 0.246. The van der Waals surface area contributed by atoms with E-state index in [1.165, 1.54) is 30.6 Å². The first-order valence-electron chi connectivity index (χ1n) is 7.98. The third-order valence-corrected chi connectivity index (χ3v) is 5.71. The number of aromatic nitrogens is 2. The molecule has 0 spiro atoms. The lowest BCUT2D eigenvalue weighted by atomic mass is 9.79. The van der Waals surface area contributed by atoms with Crippen molar-refractivity contribution in [3.8, 4) is 0 Å². The summed E-state index contributed by atoms with van der Waals surface area (Å²) in [5.41, 5.74) is 0. The largest absolute Gasteiger partial charge is 0.313 e. The van der Waals surface area contributed by atoms with Crippen molar-refractivity contribution < 1.29 is 0 Å². The standard InChI is InChI=1S/C16H29N3S/c1-5-8-17-15-7-6-13(12(2)3)9-16(15)20-14-10-18-19(4)11-14/h10-13,15-17H,5-9H2,1-4H3. The summed E-state index contributed by atoms with van der Waals surface area (Å²) in [7, 11) is 1.99. The van der Waals surface area contributed by atoms with Crippen LogP contribution >= 0.6 is 11.8 Å². The molecule has 1 fully saturated rings. The third kappa shape index (κ3) is 4.26. The second-order valence-corrected chi connectivity index (χ2v) is 7.70. The molecule has 4 heteroatoms. The smallest absolute Gasteiger partial charge is 0.0625 e. The van der Waals surface area contributed by atoms with Gasteiger partial charge in [0.15, 0.2) is 0 Å². The number of hydrogen-bond donors (Lipinski definition) is 1. The molecule has 1 aromatic heterocycles. The lowest BCUT2D eigenvalue weighted by Crippen LogP contribution is -2.43. The van der Waals surface area contributed by atoms with Gasteiger partial charge in [0.1, 0.15) is 0 Å². The third-order valence-electron chi connectivity index (χ3n) is 4.40. The second-order valence-electron chi connectivity index (χ2n) is 6.38. The van der Waals surface area contributed by atoms with Crippen LogP contribution in [0, 0.1) is 11.8 Å². The van der Waals surface area contributed by atoms with Gasteiger partial charge < -0.3 is 5.32 Å². The van der Waals surface area contributed by atoms with Crippen LogP contribution < -0.4 is 5.32 Å². The van der Waals surface area contributed by atoms with Gasteiger partial charge in [-0.05, 0) is 44.1 Å². The van der Waals surface area contributed by atoms with Crippen LogP contribution in [-0.2, 0) is 7.05 Å². The highest BCUT2D eigenvalue weighted by atomic mass is 32.2. The van der Waals surface area contributed by atoms with Gasteiger partial charge in [-0.3, -0.25) is 4.68 Å². The summed E-state index contributed by atoms with van der Waals surface area (Å²) in [6.45, 7) is 8.13. The molecule has 1 aromatic rings. The highest BCUT2D eigenvalue weighted by molar-refractivity contribution is 8.00. The van der Waals surface area contributed by atoms with Crippen LogP contribution in [0.1, 0.15) is 46.5 Å². The summed E-state index contributed by atoms with van der Waals surface area (Å²) in [5, 5.41) is 8.75. The van der Waals surface area contributed by atoms with E-state index in [-0.39, 0.29) is 0 Å². The van der Waals surface area contributed by atoms with Crippen molar-refractivity contribution in [1.29, 1.82) is 0 Å². The molecular formula is C16H29N3S. The molecule has 0 saturated heterocycles. The van der Waals surface area contributed by atoms with Gasteiger partial charge in [-0.25, -0.2) is 0 Å². The molecule has 1 heterocycles. The maximum atomic E-state index is 4.30. The molecule has 0 radical (unpaired) electrons. The van der Waals surface area contributed by atoms with Crippen LogP contribution in [0.4, 0.5) is 0 Å². The van der Waals surface area contributed by atoms with Crippen molar-refractivity contribution >= 4 is 11.8 Å². The lowest BCUT2D eigenvalue weighted by Gasteiger charge is -2.38. The van der Waals surface area contributed by atoms with Gasteiger partial charge in [0.2, 0.25) is 0 Å². The Morgan fingerprint density at radius 2 is 2.25 bits per heavy atom. The molecule has 1 aliphatic carbocycles. The van der Waals surface area contributed by atoms with Crippen LogP contribution in [0.5, 0.6) is 0 Å². The van der Waals surface area contributed by atoms with E-state index in [4.69, 9.17) is 0 Å². The average Bonchev–Trinajstić information content (AvgIpc) is 2.82. The molecule has 1 N–H and O–H groups in total. The molecule has 3 unspecified atom stereocenters. The van der Waals surface area contributed by atoms with Crippen molar-refractivity contribution in [3.05, 3.63) is 12.4 Å². The van der Waals surface area contributed by atoms with Crippen molar-refractivity contribution in [1.82, 2.24) is 15.1 Å². The zero-order valence-corrected chi connectivity index (χ0v) is 14.1. The molecule has 3 nitrogen and oxygen atoms in total. The van der Waals surface area contributed by atoms with Gasteiger partial charge in [-0.1, -0.05) is 20.8 Å². The Labute approximate surface area is 127 Å². The first-order valence-corrected chi connectivity index (χ1v) is 8.86. The molecular weight excluding hydrogens is 266 g/mol. The van der Waals surface area contributed by atoms with Crippen LogP contribution in [-0.4, -0.2) is 27.6 Å². The molecule has 20 heavy (non-hydrogen) atoms. The second kappa shape index (κ2) is 7.51. The fourth-order valence-electron chi connectivity index (χ4n) is 3.09. The first-order chi connectivity index (χ1) is 9.60. The predicted molar refractivity (Wildman–Crippen MR) is 87.1 cm³/mol. The monoisotopic (exact) mass is 295 g/mol. The molecule has 2 rings (SSSR count). The highest BCUT2D eigenvalue weighted by Crippen LogP contribution is 2.39. The molecule has 1 aliphatic rings. The average molecular weight is 295 g/mol. The highest BCUT2D eigenvalue weighted by Gasteiger charge is 2.32. The fourth-order valence-corrected chi connectivity index (χ4v) is 4.50. The Hall–Kier alpha value is -0.480. The fraction of sp³-hybridized carbons (Fsp3) is 0.812. The van der Waals surface area contributed by atoms with E-state index in [9.17, 15) is 0 Å². The molecule has 0 aromatic carbocycles. The van der Waals surface area contributed by atoms with Crippen molar-refractivity contribution in [2.45, 2.75) is 62.6 Å². The Morgan fingerprint density at radius 1 is 1.45 bits per heavy atom. The van der Waals surface area contributed by atoms with Gasteiger partial charge in [0, 0.05) is 29.4 Å². The number of thioether (sulfide) groups is 1. The Morgan fingerprint density at radius 3 is 2.85 bits per heavy atom. The van der Waals surface area contributed by atoms with E-state index in [2.05, 4.69) is 37.4 Å². The van der Waals surface area contributed by atoms with Crippen molar-refractivity contribution in [2.75, 3.05) is 6.54 Å². The SMILES string of the molecule is CCCNC1CCC(C(C)C)CC1Sc1cnn(C)c1. The van der Waals surface area contributed by atoms with Crippen molar-refractivity contribution in [3.63, 3.8) is 0 Å². The molecule has 114 valence electrons. The molecule has 1 saturated carbocycles. The topological polar surface area (TPSA) is 29.9 Å². The van der Waals surface area contributed by atoms with E-state index in [1.807, 2.05) is 29.7 Å². The van der Waals surface area contributed by atoms with Crippen LogP contribution in [0.2, 0.25) is 0 Å². The minimum atomic E-state index is 0.662. The van der Waals surface area contributed by atoms with Gasteiger partial charge >= 0.3 is 0 Å². The number of rotatable bonds is 6. The summed E-state index contributed by atoms with van der Waals surface area (Å²) in [4.78, 5) is 1.31. The maximum absolute atomic E-state index is 4.30. The number of nitrogens with one attached hydrogen (secondary N) is 1. The summed E-state index contributed by atoms with van der Waals surface area (Å²) >= 11 is 2.02. The van der Waals surface area contributed by atoms with Gasteiger partial charge in [-0.2, -0.15) is 5.10 Å². The van der Waals surface area contributed by atoms with Crippen LogP contribution in [0.15, 0.2) is 17.3 Å². The summed E-state index contributed by atoms with van der Waals surface area (Å²) in [6, 6.07) is 0.662. The Balaban J connectivity index is 2.00. The Bertz CT molecular complexity index is 402. The number of nitrogens with zero attached hydrogens (tertiary/aromatic N) is 2. The zero-order chi connectivity index (χ0) is 14.5. The van der Waals surface area contributed by atoms with Gasteiger partial charge in [-0.15, -0.1) is 11.8 Å². The van der Waals surface area contributed by atoms with E-state index < -0.39 is 0 Å². The first kappa shape index (κ1) is 15.9. The molecule has 0 bridgehead atoms. The zero-order valence-electron chi connectivity index (χ0n) is 13.3. The predicted octanol–water partition coefficient (Wildman–Crippen LogP) is 3.71. The molecule has 0 amide bonds. The van der Waals surface area contributed by atoms with Crippen LogP contribution in [0.3, 0.4) is 0 Å². The summed E-state index contributed by atoms with van der Waals surface area (Å²) < 4.78 is 1.90. The van der Waals surface area contributed by atoms with Crippen molar-refractivity contribution in [2.24, 2.45) is 18.9 Å². The number of aryl methyl sites for hydroxylation is 1.